The van der Waals surface area contributed by atoms with Gasteiger partial charge in [-0.25, -0.2) is 4.79 Å². The quantitative estimate of drug-likeness (QED) is 0.395. The summed E-state index contributed by atoms with van der Waals surface area (Å²) < 4.78 is 10.5. The molecule has 1 aromatic heterocycles. The van der Waals surface area contributed by atoms with Crippen molar-refractivity contribution in [2.75, 3.05) is 25.0 Å². The van der Waals surface area contributed by atoms with Crippen molar-refractivity contribution < 1.29 is 18.8 Å². The van der Waals surface area contributed by atoms with Gasteiger partial charge in [-0.3, -0.25) is 9.69 Å². The molecule has 37 heavy (non-hydrogen) atoms. The molecule has 0 radical (unpaired) electrons. The second-order valence-corrected chi connectivity index (χ2v) is 10.7. The SMILES string of the molecule is CCOC(=O)c1ccc(NC(=O)C2CCN(Cc3nc(-c4ccc(C(C)(C)C)cc4)no3)CC2)c(Cl)c1. The Morgan fingerprint density at radius 1 is 1.14 bits per heavy atom. The van der Waals surface area contributed by atoms with E-state index in [-0.39, 0.29) is 23.8 Å². The zero-order valence-corrected chi connectivity index (χ0v) is 22.5. The number of amides is 1. The highest BCUT2D eigenvalue weighted by Gasteiger charge is 2.27. The van der Waals surface area contributed by atoms with Crippen molar-refractivity contribution in [1.29, 1.82) is 0 Å². The number of carbonyl (C=O) groups excluding carboxylic acids is 2. The maximum Gasteiger partial charge on any atom is 0.338 e. The van der Waals surface area contributed by atoms with Gasteiger partial charge in [0.05, 0.1) is 29.4 Å². The van der Waals surface area contributed by atoms with Crippen molar-refractivity contribution >= 4 is 29.2 Å². The van der Waals surface area contributed by atoms with E-state index in [1.54, 1.807) is 19.1 Å². The summed E-state index contributed by atoms with van der Waals surface area (Å²) in [4.78, 5) is 31.5. The standard InChI is InChI=1S/C28H33ClN4O4/c1-5-36-27(35)20-8-11-23(22(29)16-20)30-26(34)19-12-14-33(15-13-19)17-24-31-25(32-37-24)18-6-9-21(10-7-18)28(2,3)4/h6-11,16,19H,5,12-15,17H2,1-4H3,(H,30,34). The van der Waals surface area contributed by atoms with E-state index in [0.29, 0.717) is 47.4 Å². The van der Waals surface area contributed by atoms with Crippen LogP contribution in [-0.2, 0) is 21.5 Å². The lowest BCUT2D eigenvalue weighted by Gasteiger charge is -2.30. The summed E-state index contributed by atoms with van der Waals surface area (Å²) >= 11 is 6.29. The van der Waals surface area contributed by atoms with Gasteiger partial charge in [0, 0.05) is 11.5 Å². The molecule has 8 nitrogen and oxygen atoms in total. The first-order chi connectivity index (χ1) is 17.6. The summed E-state index contributed by atoms with van der Waals surface area (Å²) in [7, 11) is 0. The van der Waals surface area contributed by atoms with Crippen LogP contribution in [0.1, 0.15) is 62.3 Å². The number of benzene rings is 2. The third kappa shape index (κ3) is 6.76. The maximum absolute atomic E-state index is 12.8. The number of likely N-dealkylation sites (tertiary alicyclic amines) is 1. The molecule has 0 aliphatic carbocycles. The molecule has 0 saturated carbocycles. The first-order valence-electron chi connectivity index (χ1n) is 12.6. The summed E-state index contributed by atoms with van der Waals surface area (Å²) in [5.74, 6) is 0.490. The molecular formula is C28H33ClN4O4. The lowest BCUT2D eigenvalue weighted by atomic mass is 9.87. The summed E-state index contributed by atoms with van der Waals surface area (Å²) in [6.45, 7) is 10.6. The second kappa shape index (κ2) is 11.4. The van der Waals surface area contributed by atoms with Gasteiger partial charge < -0.3 is 14.6 Å². The van der Waals surface area contributed by atoms with Gasteiger partial charge in [-0.2, -0.15) is 4.98 Å². The van der Waals surface area contributed by atoms with Gasteiger partial charge in [0.2, 0.25) is 17.6 Å². The van der Waals surface area contributed by atoms with Gasteiger partial charge in [0.15, 0.2) is 0 Å². The number of halogens is 1. The van der Waals surface area contributed by atoms with Gasteiger partial charge in [-0.15, -0.1) is 0 Å². The van der Waals surface area contributed by atoms with Crippen molar-refractivity contribution in [1.82, 2.24) is 15.0 Å². The van der Waals surface area contributed by atoms with Crippen LogP contribution in [0.2, 0.25) is 5.02 Å². The van der Waals surface area contributed by atoms with Crippen molar-refractivity contribution in [3.8, 4) is 11.4 Å². The number of esters is 1. The topological polar surface area (TPSA) is 97.6 Å². The summed E-state index contributed by atoms with van der Waals surface area (Å²) in [6.07, 6.45) is 1.42. The van der Waals surface area contributed by atoms with E-state index < -0.39 is 5.97 Å². The molecule has 196 valence electrons. The van der Waals surface area contributed by atoms with Crippen molar-refractivity contribution in [2.45, 2.75) is 52.5 Å². The van der Waals surface area contributed by atoms with Crippen LogP contribution in [0.3, 0.4) is 0 Å². The van der Waals surface area contributed by atoms with Gasteiger partial charge in [0.25, 0.3) is 0 Å². The average Bonchev–Trinajstić information content (AvgIpc) is 3.34. The summed E-state index contributed by atoms with van der Waals surface area (Å²) in [6, 6.07) is 13.0. The highest BCUT2D eigenvalue weighted by Crippen LogP contribution is 2.27. The number of nitrogens with zero attached hydrogens (tertiary/aromatic N) is 3. The molecule has 4 rings (SSSR count). The Balaban J connectivity index is 1.28. The van der Waals surface area contributed by atoms with Gasteiger partial charge in [-0.1, -0.05) is 61.8 Å². The number of nitrogens with one attached hydrogen (secondary N) is 1. The van der Waals surface area contributed by atoms with Crippen LogP contribution in [-0.4, -0.2) is 46.6 Å². The highest BCUT2D eigenvalue weighted by molar-refractivity contribution is 6.34. The molecule has 0 spiro atoms. The smallest absolute Gasteiger partial charge is 0.338 e. The van der Waals surface area contributed by atoms with Crippen LogP contribution >= 0.6 is 11.6 Å². The Labute approximate surface area is 222 Å². The largest absolute Gasteiger partial charge is 0.462 e. The maximum atomic E-state index is 12.8. The van der Waals surface area contributed by atoms with Gasteiger partial charge in [0.1, 0.15) is 0 Å². The number of hydrogen-bond acceptors (Lipinski definition) is 7. The minimum absolute atomic E-state index is 0.0794. The summed E-state index contributed by atoms with van der Waals surface area (Å²) in [5, 5.41) is 7.35. The predicted octanol–water partition coefficient (Wildman–Crippen LogP) is 5.71. The fourth-order valence-electron chi connectivity index (χ4n) is 4.29. The Kier molecular flexibility index (Phi) is 8.29. The molecule has 1 saturated heterocycles. The monoisotopic (exact) mass is 524 g/mol. The fourth-order valence-corrected chi connectivity index (χ4v) is 4.52. The molecule has 0 unspecified atom stereocenters. The van der Waals surface area contributed by atoms with E-state index >= 15 is 0 Å². The van der Waals surface area contributed by atoms with Crippen LogP contribution in [0, 0.1) is 5.92 Å². The van der Waals surface area contributed by atoms with Gasteiger partial charge in [-0.05, 0) is 62.0 Å². The molecule has 0 atom stereocenters. The minimum atomic E-state index is -0.443. The van der Waals surface area contributed by atoms with E-state index in [1.165, 1.54) is 11.6 Å². The van der Waals surface area contributed by atoms with Crippen LogP contribution in [0.4, 0.5) is 5.69 Å². The number of ether oxygens (including phenoxy) is 1. The Hall–Kier alpha value is -3.23. The highest BCUT2D eigenvalue weighted by atomic mass is 35.5. The van der Waals surface area contributed by atoms with Crippen LogP contribution < -0.4 is 5.32 Å². The van der Waals surface area contributed by atoms with Gasteiger partial charge >= 0.3 is 5.97 Å². The lowest BCUT2D eigenvalue weighted by molar-refractivity contribution is -0.121. The molecule has 1 aliphatic heterocycles. The molecular weight excluding hydrogens is 492 g/mol. The number of piperidine rings is 1. The Morgan fingerprint density at radius 2 is 1.84 bits per heavy atom. The number of hydrogen-bond donors (Lipinski definition) is 1. The van der Waals surface area contributed by atoms with E-state index in [9.17, 15) is 9.59 Å². The molecule has 0 bridgehead atoms. The Morgan fingerprint density at radius 3 is 2.46 bits per heavy atom. The fraction of sp³-hybridized carbons (Fsp3) is 0.429. The number of carbonyl (C=O) groups is 2. The van der Waals surface area contributed by atoms with Crippen molar-refractivity contribution in [3.63, 3.8) is 0 Å². The number of rotatable bonds is 7. The average molecular weight is 525 g/mol. The van der Waals surface area contributed by atoms with Crippen molar-refractivity contribution in [2.24, 2.45) is 5.92 Å². The molecule has 1 aliphatic rings. The first kappa shape index (κ1) is 26.8. The molecule has 3 aromatic rings. The summed E-state index contributed by atoms with van der Waals surface area (Å²) in [5.41, 5.74) is 3.10. The normalized spacial score (nSPS) is 14.9. The lowest BCUT2D eigenvalue weighted by Crippen LogP contribution is -2.37. The van der Waals surface area contributed by atoms with E-state index in [2.05, 4.69) is 53.3 Å². The molecule has 1 fully saturated rings. The molecule has 1 amide bonds. The van der Waals surface area contributed by atoms with Crippen LogP contribution in [0.5, 0.6) is 0 Å². The van der Waals surface area contributed by atoms with Crippen LogP contribution in [0.15, 0.2) is 47.0 Å². The zero-order valence-electron chi connectivity index (χ0n) is 21.7. The second-order valence-electron chi connectivity index (χ2n) is 10.3. The van der Waals surface area contributed by atoms with E-state index in [4.69, 9.17) is 20.9 Å². The predicted molar refractivity (Wildman–Crippen MR) is 142 cm³/mol. The Bertz CT molecular complexity index is 1240. The van der Waals surface area contributed by atoms with E-state index in [0.717, 1.165) is 18.7 Å². The number of anilines is 1. The zero-order chi connectivity index (χ0) is 26.6. The first-order valence-corrected chi connectivity index (χ1v) is 12.9. The third-order valence-corrected chi connectivity index (χ3v) is 6.85. The minimum Gasteiger partial charge on any atom is -0.462 e. The molecule has 2 heterocycles. The molecule has 9 heteroatoms. The molecule has 2 aromatic carbocycles. The molecule has 1 N–H and O–H groups in total. The van der Waals surface area contributed by atoms with Crippen molar-refractivity contribution in [3.05, 3.63) is 64.5 Å². The van der Waals surface area contributed by atoms with Crippen LogP contribution in [0.25, 0.3) is 11.4 Å². The van der Waals surface area contributed by atoms with E-state index in [1.807, 2.05) is 12.1 Å². The third-order valence-electron chi connectivity index (χ3n) is 6.53. The number of aromatic nitrogens is 2.